The lowest BCUT2D eigenvalue weighted by Crippen LogP contribution is -2.31. The van der Waals surface area contributed by atoms with Crippen LogP contribution in [0.25, 0.3) is 0 Å². The van der Waals surface area contributed by atoms with E-state index in [1.165, 1.54) is 12.3 Å². The molecule has 1 aromatic rings. The van der Waals surface area contributed by atoms with Crippen molar-refractivity contribution in [1.29, 1.82) is 0 Å². The van der Waals surface area contributed by atoms with Crippen molar-refractivity contribution in [1.82, 2.24) is 15.2 Å². The Morgan fingerprint density at radius 3 is 2.72 bits per heavy atom. The normalized spacial score (nSPS) is 27.3. The zero-order valence-electron chi connectivity index (χ0n) is 10.2. The highest BCUT2D eigenvalue weighted by molar-refractivity contribution is 5.95. The molecule has 5 nitrogen and oxygen atoms in total. The first-order chi connectivity index (χ1) is 8.72. The molecule has 1 aromatic heterocycles. The molecule has 0 radical (unpaired) electrons. The Morgan fingerprint density at radius 2 is 2.11 bits per heavy atom. The molecule has 0 aromatic carbocycles. The molecule has 3 heterocycles. The first kappa shape index (κ1) is 11.6. The molecule has 0 aliphatic carbocycles. The second-order valence-corrected chi connectivity index (χ2v) is 5.20. The Morgan fingerprint density at radius 1 is 1.39 bits per heavy atom. The monoisotopic (exact) mass is 247 g/mol. The van der Waals surface area contributed by atoms with Gasteiger partial charge in [0.25, 0.3) is 0 Å². The number of Topliss-reactive ketones (excluding diaryl/α,β-unsaturated/α-hetero) is 1. The van der Waals surface area contributed by atoms with Crippen molar-refractivity contribution in [2.24, 2.45) is 11.8 Å². The summed E-state index contributed by atoms with van der Waals surface area (Å²) in [5.74, 6) is 1.52. The Bertz CT molecular complexity index is 434. The molecule has 0 amide bonds. The molecule has 2 atom stereocenters. The number of pyridine rings is 1. The highest BCUT2D eigenvalue weighted by Gasteiger charge is 2.36. The van der Waals surface area contributed by atoms with E-state index in [1.807, 2.05) is 0 Å². The van der Waals surface area contributed by atoms with Crippen LogP contribution in [-0.4, -0.2) is 53.5 Å². The van der Waals surface area contributed by atoms with Crippen LogP contribution in [0.4, 0.5) is 0 Å². The van der Waals surface area contributed by atoms with Gasteiger partial charge in [0.05, 0.1) is 12.7 Å². The maximum absolute atomic E-state index is 12.0. The van der Waals surface area contributed by atoms with Crippen molar-refractivity contribution in [3.8, 4) is 5.75 Å². The van der Waals surface area contributed by atoms with Gasteiger partial charge in [-0.1, -0.05) is 0 Å². The van der Waals surface area contributed by atoms with Gasteiger partial charge in [-0.05, 0) is 37.1 Å². The number of rotatable bonds is 3. The Labute approximate surface area is 106 Å². The first-order valence-electron chi connectivity index (χ1n) is 6.33. The maximum Gasteiger partial charge on any atom is 0.195 e. The van der Waals surface area contributed by atoms with E-state index in [2.05, 4.69) is 15.2 Å². The van der Waals surface area contributed by atoms with Crippen molar-refractivity contribution in [2.45, 2.75) is 0 Å². The molecule has 0 spiro atoms. The Balaban J connectivity index is 1.60. The predicted octanol–water partition coefficient (Wildman–Crippen LogP) is 0.121. The molecule has 3 rings (SSSR count). The van der Waals surface area contributed by atoms with E-state index in [9.17, 15) is 4.79 Å². The third-order valence-electron chi connectivity index (χ3n) is 3.87. The van der Waals surface area contributed by atoms with E-state index in [0.717, 1.165) is 26.2 Å². The minimum absolute atomic E-state index is 0.0305. The summed E-state index contributed by atoms with van der Waals surface area (Å²) in [6.45, 7) is 4.59. The molecule has 2 fully saturated rings. The summed E-state index contributed by atoms with van der Waals surface area (Å²) >= 11 is 0. The highest BCUT2D eigenvalue weighted by Crippen LogP contribution is 2.26. The van der Waals surface area contributed by atoms with Crippen LogP contribution in [0.15, 0.2) is 18.3 Å². The fourth-order valence-corrected chi connectivity index (χ4v) is 2.92. The Kier molecular flexibility index (Phi) is 3.01. The molecular formula is C13H17N3O2. The molecule has 0 bridgehead atoms. The van der Waals surface area contributed by atoms with Crippen LogP contribution in [0.3, 0.4) is 0 Å². The number of fused-ring (bicyclic) bond motifs is 1. The fourth-order valence-electron chi connectivity index (χ4n) is 2.92. The average molecular weight is 247 g/mol. The van der Waals surface area contributed by atoms with Crippen molar-refractivity contribution >= 4 is 5.78 Å². The van der Waals surface area contributed by atoms with Crippen LogP contribution in [-0.2, 0) is 0 Å². The zero-order valence-corrected chi connectivity index (χ0v) is 10.2. The molecular weight excluding hydrogens is 230 g/mol. The van der Waals surface area contributed by atoms with E-state index in [-0.39, 0.29) is 11.5 Å². The summed E-state index contributed by atoms with van der Waals surface area (Å²) in [5, 5.41) is 12.5. The lowest BCUT2D eigenvalue weighted by atomic mass is 10.0. The summed E-state index contributed by atoms with van der Waals surface area (Å²) in [6, 6.07) is 3.08. The van der Waals surface area contributed by atoms with Gasteiger partial charge in [-0.3, -0.25) is 9.69 Å². The molecule has 2 N–H and O–H groups in total. The molecule has 96 valence electrons. The van der Waals surface area contributed by atoms with Crippen molar-refractivity contribution in [2.75, 3.05) is 32.7 Å². The van der Waals surface area contributed by atoms with Gasteiger partial charge in [0.2, 0.25) is 0 Å². The lowest BCUT2D eigenvalue weighted by molar-refractivity contribution is 0.0936. The maximum atomic E-state index is 12.0. The molecule has 5 heteroatoms. The number of hydrogen-bond acceptors (Lipinski definition) is 5. The van der Waals surface area contributed by atoms with E-state index >= 15 is 0 Å². The van der Waals surface area contributed by atoms with Gasteiger partial charge in [-0.2, -0.15) is 0 Å². The molecule has 2 aliphatic rings. The van der Waals surface area contributed by atoms with Crippen LogP contribution >= 0.6 is 0 Å². The van der Waals surface area contributed by atoms with Gasteiger partial charge in [0, 0.05) is 13.1 Å². The number of likely N-dealkylation sites (tertiary alicyclic amines) is 1. The van der Waals surface area contributed by atoms with Gasteiger partial charge < -0.3 is 10.4 Å². The number of hydrogen-bond donors (Lipinski definition) is 2. The minimum atomic E-state index is 0.0305. The number of nitrogens with zero attached hydrogens (tertiary/aromatic N) is 2. The summed E-state index contributed by atoms with van der Waals surface area (Å²) in [6.07, 6.45) is 1.32. The van der Waals surface area contributed by atoms with Crippen LogP contribution in [0.2, 0.25) is 0 Å². The standard InChI is InChI=1S/C13H17N3O2/c17-11-1-2-12(15-5-11)13(18)8-16-6-9-3-14-4-10(9)7-16/h1-2,5,9-10,14,17H,3-4,6-8H2/t9-,10+. The Hall–Kier alpha value is -1.46. The van der Waals surface area contributed by atoms with Gasteiger partial charge >= 0.3 is 0 Å². The fraction of sp³-hybridized carbons (Fsp3) is 0.538. The minimum Gasteiger partial charge on any atom is -0.506 e. The highest BCUT2D eigenvalue weighted by atomic mass is 16.3. The SMILES string of the molecule is O=C(CN1C[C@H]2CNC[C@H]2C1)c1ccc(O)cn1. The number of carbonyl (C=O) groups excluding carboxylic acids is 1. The van der Waals surface area contributed by atoms with Crippen molar-refractivity contribution in [3.63, 3.8) is 0 Å². The smallest absolute Gasteiger partial charge is 0.195 e. The predicted molar refractivity (Wildman–Crippen MR) is 66.5 cm³/mol. The number of aromatic hydroxyl groups is 1. The number of carbonyl (C=O) groups is 1. The van der Waals surface area contributed by atoms with Crippen LogP contribution in [0.1, 0.15) is 10.5 Å². The average Bonchev–Trinajstić information content (AvgIpc) is 2.90. The second kappa shape index (κ2) is 4.66. The van der Waals surface area contributed by atoms with Gasteiger partial charge in [-0.15, -0.1) is 0 Å². The van der Waals surface area contributed by atoms with Crippen molar-refractivity contribution in [3.05, 3.63) is 24.0 Å². The first-order valence-corrected chi connectivity index (χ1v) is 6.33. The van der Waals surface area contributed by atoms with E-state index in [4.69, 9.17) is 5.11 Å². The summed E-state index contributed by atoms with van der Waals surface area (Å²) in [4.78, 5) is 18.2. The molecule has 2 aliphatic heterocycles. The van der Waals surface area contributed by atoms with E-state index in [1.54, 1.807) is 6.07 Å². The van der Waals surface area contributed by atoms with E-state index in [0.29, 0.717) is 24.1 Å². The van der Waals surface area contributed by atoms with Gasteiger partial charge in [0.15, 0.2) is 5.78 Å². The van der Waals surface area contributed by atoms with Gasteiger partial charge in [0.1, 0.15) is 11.4 Å². The summed E-state index contributed by atoms with van der Waals surface area (Å²) < 4.78 is 0. The topological polar surface area (TPSA) is 65.5 Å². The quantitative estimate of drug-likeness (QED) is 0.743. The van der Waals surface area contributed by atoms with Gasteiger partial charge in [-0.25, -0.2) is 4.98 Å². The largest absolute Gasteiger partial charge is 0.506 e. The molecule has 0 saturated carbocycles. The zero-order chi connectivity index (χ0) is 12.5. The number of ketones is 1. The second-order valence-electron chi connectivity index (χ2n) is 5.20. The number of nitrogens with one attached hydrogen (secondary N) is 1. The molecule has 2 saturated heterocycles. The number of aromatic nitrogens is 1. The summed E-state index contributed by atoms with van der Waals surface area (Å²) in [5.41, 5.74) is 0.433. The molecule has 18 heavy (non-hydrogen) atoms. The van der Waals surface area contributed by atoms with E-state index < -0.39 is 0 Å². The summed E-state index contributed by atoms with van der Waals surface area (Å²) in [7, 11) is 0. The molecule has 0 unspecified atom stereocenters. The third kappa shape index (κ3) is 2.23. The lowest BCUT2D eigenvalue weighted by Gasteiger charge is -2.15. The van der Waals surface area contributed by atoms with Crippen molar-refractivity contribution < 1.29 is 9.90 Å². The van der Waals surface area contributed by atoms with Crippen LogP contribution < -0.4 is 5.32 Å². The van der Waals surface area contributed by atoms with Crippen LogP contribution in [0.5, 0.6) is 5.75 Å². The third-order valence-corrected chi connectivity index (χ3v) is 3.87. The van der Waals surface area contributed by atoms with Crippen LogP contribution in [0, 0.1) is 11.8 Å².